The number of pyridine rings is 1. The van der Waals surface area contributed by atoms with Gasteiger partial charge in [-0.3, -0.25) is 4.79 Å². The van der Waals surface area contributed by atoms with Crippen LogP contribution in [0.5, 0.6) is 0 Å². The van der Waals surface area contributed by atoms with Gasteiger partial charge in [-0.2, -0.15) is 0 Å². The monoisotopic (exact) mass is 263 g/mol. The number of methoxy groups -OCH3 is 1. The molecule has 1 unspecified atom stereocenters. The van der Waals surface area contributed by atoms with Crippen LogP contribution < -0.4 is 0 Å². The third-order valence-corrected chi connectivity index (χ3v) is 3.29. The molecule has 0 fully saturated rings. The molecule has 0 N–H and O–H groups in total. The summed E-state index contributed by atoms with van der Waals surface area (Å²) in [6.07, 6.45) is 1.37. The van der Waals surface area contributed by atoms with Crippen LogP contribution in [0.25, 0.3) is 0 Å². The van der Waals surface area contributed by atoms with Crippen molar-refractivity contribution in [3.05, 3.63) is 23.1 Å². The number of esters is 1. The van der Waals surface area contributed by atoms with Crippen LogP contribution in [-0.4, -0.2) is 23.8 Å². The Morgan fingerprint density at radius 1 is 1.75 bits per heavy atom. The van der Waals surface area contributed by atoms with E-state index in [0.717, 1.165) is 11.8 Å². The minimum Gasteiger partial charge on any atom is -0.469 e. The van der Waals surface area contributed by atoms with Crippen molar-refractivity contribution in [1.82, 2.24) is 4.98 Å². The molecule has 0 aliphatic carbocycles. The maximum atomic E-state index is 13.3. The molecule has 0 spiro atoms. The second-order valence-corrected chi connectivity index (χ2v) is 4.62. The number of carbonyl (C=O) groups excluding carboxylic acids is 1. The zero-order valence-corrected chi connectivity index (χ0v) is 10.4. The average Bonchev–Trinajstić information content (AvgIpc) is 2.26. The average molecular weight is 264 g/mol. The van der Waals surface area contributed by atoms with Crippen molar-refractivity contribution in [2.24, 2.45) is 5.92 Å². The van der Waals surface area contributed by atoms with E-state index in [1.807, 2.05) is 0 Å². The molecule has 1 aromatic rings. The lowest BCUT2D eigenvalue weighted by Crippen LogP contribution is -2.14. The van der Waals surface area contributed by atoms with Crippen molar-refractivity contribution in [2.45, 2.75) is 11.9 Å². The summed E-state index contributed by atoms with van der Waals surface area (Å²) in [7, 11) is 1.32. The first-order valence-corrected chi connectivity index (χ1v) is 5.92. The molecule has 3 nitrogen and oxygen atoms in total. The molecular weight excluding hydrogens is 253 g/mol. The number of aromatic nitrogens is 1. The van der Waals surface area contributed by atoms with Crippen LogP contribution in [0.4, 0.5) is 4.39 Å². The molecule has 0 saturated heterocycles. The Morgan fingerprint density at radius 2 is 2.44 bits per heavy atom. The highest BCUT2D eigenvalue weighted by Crippen LogP contribution is 2.23. The first kappa shape index (κ1) is 13.3. The molecular formula is C10H11ClFNO2S. The molecule has 0 amide bonds. The van der Waals surface area contributed by atoms with E-state index < -0.39 is 5.82 Å². The fourth-order valence-corrected chi connectivity index (χ4v) is 1.99. The van der Waals surface area contributed by atoms with E-state index in [2.05, 4.69) is 9.72 Å². The molecule has 6 heteroatoms. The Bertz CT molecular complexity index is 389. The maximum Gasteiger partial charge on any atom is 0.309 e. The Labute approximate surface area is 102 Å². The highest BCUT2D eigenvalue weighted by atomic mass is 35.5. The van der Waals surface area contributed by atoms with E-state index in [4.69, 9.17) is 11.6 Å². The number of thioether (sulfide) groups is 1. The Balaban J connectivity index is 2.58. The smallest absolute Gasteiger partial charge is 0.309 e. The summed E-state index contributed by atoms with van der Waals surface area (Å²) in [5, 5.41) is 0.489. The fraction of sp³-hybridized carbons (Fsp3) is 0.400. The predicted molar refractivity (Wildman–Crippen MR) is 61.1 cm³/mol. The van der Waals surface area contributed by atoms with Crippen molar-refractivity contribution in [2.75, 3.05) is 12.9 Å². The normalized spacial score (nSPS) is 12.2. The SMILES string of the molecule is COC(=O)C(C)CSc1ncc(Cl)cc1F. The summed E-state index contributed by atoms with van der Waals surface area (Å²) < 4.78 is 17.9. The minimum atomic E-state index is -0.477. The Hall–Kier alpha value is -0.810. The van der Waals surface area contributed by atoms with Gasteiger partial charge in [-0.05, 0) is 6.07 Å². The van der Waals surface area contributed by atoms with Gasteiger partial charge < -0.3 is 4.74 Å². The molecule has 16 heavy (non-hydrogen) atoms. The van der Waals surface area contributed by atoms with Crippen LogP contribution in [0.3, 0.4) is 0 Å². The van der Waals surface area contributed by atoms with Crippen LogP contribution in [0.15, 0.2) is 17.3 Å². The second kappa shape index (κ2) is 6.06. The van der Waals surface area contributed by atoms with Crippen molar-refractivity contribution < 1.29 is 13.9 Å². The fourth-order valence-electron chi connectivity index (χ4n) is 0.981. The predicted octanol–water partition coefficient (Wildman–Crippen LogP) is 2.78. The number of rotatable bonds is 4. The zero-order valence-electron chi connectivity index (χ0n) is 8.87. The minimum absolute atomic E-state index is 0.236. The van der Waals surface area contributed by atoms with Crippen LogP contribution in [0.1, 0.15) is 6.92 Å². The van der Waals surface area contributed by atoms with Crippen LogP contribution in [0.2, 0.25) is 5.02 Å². The van der Waals surface area contributed by atoms with Gasteiger partial charge in [-0.1, -0.05) is 18.5 Å². The summed E-state index contributed by atoms with van der Waals surface area (Å²) in [5.74, 6) is -0.679. The van der Waals surface area contributed by atoms with Gasteiger partial charge in [-0.15, -0.1) is 11.8 Å². The lowest BCUT2D eigenvalue weighted by atomic mass is 10.2. The van der Waals surface area contributed by atoms with Crippen molar-refractivity contribution in [1.29, 1.82) is 0 Å². The van der Waals surface area contributed by atoms with Gasteiger partial charge in [0.25, 0.3) is 0 Å². The number of nitrogens with zero attached hydrogens (tertiary/aromatic N) is 1. The lowest BCUT2D eigenvalue weighted by Gasteiger charge is -2.08. The molecule has 0 aliphatic heterocycles. The number of ether oxygens (including phenoxy) is 1. The molecule has 1 heterocycles. The number of carbonyl (C=O) groups is 1. The standard InChI is InChI=1S/C10H11ClFNO2S/c1-6(10(14)15-2)5-16-9-8(12)3-7(11)4-13-9/h3-4,6H,5H2,1-2H3. The molecule has 1 aromatic heterocycles. The van der Waals surface area contributed by atoms with E-state index in [0.29, 0.717) is 5.75 Å². The van der Waals surface area contributed by atoms with Crippen LogP contribution in [0, 0.1) is 11.7 Å². The third kappa shape index (κ3) is 3.64. The summed E-state index contributed by atoms with van der Waals surface area (Å²) in [6, 6.07) is 1.19. The topological polar surface area (TPSA) is 39.2 Å². The van der Waals surface area contributed by atoms with E-state index in [1.165, 1.54) is 19.4 Å². The van der Waals surface area contributed by atoms with Crippen molar-refractivity contribution >= 4 is 29.3 Å². The van der Waals surface area contributed by atoms with Gasteiger partial charge in [-0.25, -0.2) is 9.37 Å². The van der Waals surface area contributed by atoms with E-state index in [9.17, 15) is 9.18 Å². The van der Waals surface area contributed by atoms with Gasteiger partial charge in [0.15, 0.2) is 5.82 Å². The molecule has 0 aliphatic rings. The molecule has 0 aromatic carbocycles. The van der Waals surface area contributed by atoms with Gasteiger partial charge in [0, 0.05) is 11.9 Å². The van der Waals surface area contributed by atoms with Crippen LogP contribution >= 0.6 is 23.4 Å². The van der Waals surface area contributed by atoms with E-state index in [-0.39, 0.29) is 21.9 Å². The number of hydrogen-bond donors (Lipinski definition) is 0. The largest absolute Gasteiger partial charge is 0.469 e. The van der Waals surface area contributed by atoms with Crippen molar-refractivity contribution in [3.63, 3.8) is 0 Å². The molecule has 0 radical (unpaired) electrons. The maximum absolute atomic E-state index is 13.3. The highest BCUT2D eigenvalue weighted by Gasteiger charge is 2.15. The van der Waals surface area contributed by atoms with Crippen LogP contribution in [-0.2, 0) is 9.53 Å². The third-order valence-electron chi connectivity index (χ3n) is 1.85. The molecule has 0 saturated carbocycles. The van der Waals surface area contributed by atoms with E-state index >= 15 is 0 Å². The number of halogens is 2. The summed E-state index contributed by atoms with van der Waals surface area (Å²) in [6.45, 7) is 1.71. The summed E-state index contributed by atoms with van der Waals surface area (Å²) in [5.41, 5.74) is 0. The van der Waals surface area contributed by atoms with Gasteiger partial charge >= 0.3 is 5.97 Å². The first-order chi connectivity index (χ1) is 7.54. The Kier molecular flexibility index (Phi) is 5.02. The van der Waals surface area contributed by atoms with Gasteiger partial charge in [0.05, 0.1) is 18.1 Å². The summed E-state index contributed by atoms with van der Waals surface area (Å²) in [4.78, 5) is 14.9. The van der Waals surface area contributed by atoms with E-state index in [1.54, 1.807) is 6.92 Å². The molecule has 0 bridgehead atoms. The highest BCUT2D eigenvalue weighted by molar-refractivity contribution is 7.99. The summed E-state index contributed by atoms with van der Waals surface area (Å²) >= 11 is 6.73. The quantitative estimate of drug-likeness (QED) is 0.619. The van der Waals surface area contributed by atoms with Gasteiger partial charge in [0.2, 0.25) is 0 Å². The van der Waals surface area contributed by atoms with Crippen molar-refractivity contribution in [3.8, 4) is 0 Å². The second-order valence-electron chi connectivity index (χ2n) is 3.18. The van der Waals surface area contributed by atoms with Gasteiger partial charge in [0.1, 0.15) is 5.03 Å². The molecule has 88 valence electrons. The first-order valence-electron chi connectivity index (χ1n) is 4.56. The molecule has 1 atom stereocenters. The Morgan fingerprint density at radius 3 is 3.00 bits per heavy atom. The molecule has 1 rings (SSSR count). The lowest BCUT2D eigenvalue weighted by molar-refractivity contribution is -0.143. The zero-order chi connectivity index (χ0) is 12.1. The number of hydrogen-bond acceptors (Lipinski definition) is 4.